The first-order valence-electron chi connectivity index (χ1n) is 9.72. The Balaban J connectivity index is 1.76. The number of hydrogen-bond acceptors (Lipinski definition) is 5. The zero-order chi connectivity index (χ0) is 19.1. The highest BCUT2D eigenvalue weighted by Gasteiger charge is 2.58. The van der Waals surface area contributed by atoms with Gasteiger partial charge in [-0.15, -0.1) is 0 Å². The predicted molar refractivity (Wildman–Crippen MR) is 93.2 cm³/mol. The molecule has 6 heteroatoms. The van der Waals surface area contributed by atoms with E-state index in [0.29, 0.717) is 38.5 Å². The van der Waals surface area contributed by atoms with Crippen molar-refractivity contribution in [2.24, 2.45) is 28.6 Å². The number of methoxy groups -OCH3 is 1. The van der Waals surface area contributed by atoms with Crippen molar-refractivity contribution in [1.82, 2.24) is 0 Å². The number of fused-ring (bicyclic) bond motifs is 1. The van der Waals surface area contributed by atoms with Crippen LogP contribution in [0.5, 0.6) is 0 Å². The van der Waals surface area contributed by atoms with Crippen molar-refractivity contribution >= 4 is 17.7 Å². The maximum atomic E-state index is 12.8. The zero-order valence-electron chi connectivity index (χ0n) is 16.0. The van der Waals surface area contributed by atoms with Gasteiger partial charge in [0.1, 0.15) is 5.78 Å². The van der Waals surface area contributed by atoms with E-state index in [1.807, 2.05) is 6.92 Å². The fourth-order valence-electron chi connectivity index (χ4n) is 5.90. The lowest BCUT2D eigenvalue weighted by molar-refractivity contribution is -0.170. The van der Waals surface area contributed by atoms with Gasteiger partial charge in [-0.05, 0) is 50.4 Å². The van der Waals surface area contributed by atoms with E-state index in [2.05, 4.69) is 6.92 Å². The number of aliphatic carboxylic acids is 1. The van der Waals surface area contributed by atoms with Crippen molar-refractivity contribution in [1.29, 1.82) is 0 Å². The molecule has 146 valence electrons. The first-order chi connectivity index (χ1) is 12.2. The van der Waals surface area contributed by atoms with Crippen molar-refractivity contribution in [3.8, 4) is 0 Å². The van der Waals surface area contributed by atoms with Crippen LogP contribution in [0.3, 0.4) is 0 Å². The van der Waals surface area contributed by atoms with Crippen LogP contribution >= 0.6 is 0 Å². The summed E-state index contributed by atoms with van der Waals surface area (Å²) in [6, 6.07) is 0. The molecule has 2 saturated carbocycles. The number of carbonyl (C=O) groups excluding carboxylic acids is 2. The number of carbonyl (C=O) groups is 3. The second-order valence-corrected chi connectivity index (χ2v) is 8.80. The van der Waals surface area contributed by atoms with E-state index >= 15 is 0 Å². The number of carboxylic acid groups (broad SMARTS) is 1. The maximum absolute atomic E-state index is 12.8. The van der Waals surface area contributed by atoms with E-state index < -0.39 is 17.7 Å². The van der Waals surface area contributed by atoms with Crippen LogP contribution in [0.25, 0.3) is 0 Å². The van der Waals surface area contributed by atoms with Crippen molar-refractivity contribution in [2.75, 3.05) is 7.11 Å². The Morgan fingerprint density at radius 1 is 1.27 bits per heavy atom. The van der Waals surface area contributed by atoms with E-state index in [1.165, 1.54) is 7.11 Å². The Hall–Kier alpha value is -1.43. The van der Waals surface area contributed by atoms with Gasteiger partial charge in [0.2, 0.25) is 6.29 Å². The molecule has 3 rings (SSSR count). The summed E-state index contributed by atoms with van der Waals surface area (Å²) in [5.74, 6) is -1.16. The minimum atomic E-state index is -0.764. The molecule has 3 aliphatic rings. The van der Waals surface area contributed by atoms with Crippen molar-refractivity contribution in [2.45, 2.75) is 71.5 Å². The van der Waals surface area contributed by atoms with Gasteiger partial charge >= 0.3 is 11.9 Å². The molecule has 6 atom stereocenters. The molecule has 0 aromatic rings. The summed E-state index contributed by atoms with van der Waals surface area (Å²) in [6.45, 7) is 3.95. The van der Waals surface area contributed by atoms with E-state index in [4.69, 9.17) is 9.47 Å². The lowest BCUT2D eigenvalue weighted by atomic mass is 9.47. The fraction of sp³-hybridized carbons (Fsp3) is 0.850. The van der Waals surface area contributed by atoms with Gasteiger partial charge in [-0.3, -0.25) is 14.4 Å². The smallest absolute Gasteiger partial charge is 0.311 e. The number of cyclic esters (lactones) is 1. The lowest BCUT2D eigenvalue weighted by Gasteiger charge is -2.56. The van der Waals surface area contributed by atoms with Crippen LogP contribution in [0.4, 0.5) is 0 Å². The Morgan fingerprint density at radius 3 is 2.62 bits per heavy atom. The zero-order valence-corrected chi connectivity index (χ0v) is 16.0. The van der Waals surface area contributed by atoms with Crippen LogP contribution in [0.2, 0.25) is 0 Å². The molecule has 0 spiro atoms. The number of esters is 1. The molecule has 3 fully saturated rings. The quantitative estimate of drug-likeness (QED) is 0.752. The fourth-order valence-corrected chi connectivity index (χ4v) is 5.90. The highest BCUT2D eigenvalue weighted by molar-refractivity contribution is 5.84. The third kappa shape index (κ3) is 3.06. The Kier molecular flexibility index (Phi) is 5.17. The van der Waals surface area contributed by atoms with E-state index in [1.54, 1.807) is 0 Å². The van der Waals surface area contributed by atoms with Crippen LogP contribution in [0.1, 0.15) is 65.2 Å². The molecule has 26 heavy (non-hydrogen) atoms. The van der Waals surface area contributed by atoms with E-state index in [9.17, 15) is 19.5 Å². The normalized spacial score (nSPS) is 43.0. The van der Waals surface area contributed by atoms with Gasteiger partial charge in [0.25, 0.3) is 0 Å². The number of rotatable bonds is 5. The molecule has 0 amide bonds. The lowest BCUT2D eigenvalue weighted by Crippen LogP contribution is -2.55. The third-order valence-corrected chi connectivity index (χ3v) is 7.45. The van der Waals surface area contributed by atoms with E-state index in [-0.39, 0.29) is 34.9 Å². The highest BCUT2D eigenvalue weighted by atomic mass is 16.7. The van der Waals surface area contributed by atoms with Crippen LogP contribution in [-0.4, -0.2) is 36.2 Å². The second kappa shape index (κ2) is 6.95. The first-order valence-corrected chi connectivity index (χ1v) is 9.72. The standard InChI is InChI=1S/C20H30O6/c1-19-9-4-10-20(2,18(23)24)15(19)8-7-14(21)13(19)6-5-12-11-16(25-3)26-17(12)22/h12-13,15-16H,4-11H2,1-3H3,(H,23,24). The Labute approximate surface area is 154 Å². The molecule has 1 aliphatic heterocycles. The predicted octanol–water partition coefficient (Wildman–Crippen LogP) is 3.18. The largest absolute Gasteiger partial charge is 0.481 e. The van der Waals surface area contributed by atoms with Crippen molar-refractivity contribution in [3.05, 3.63) is 0 Å². The maximum Gasteiger partial charge on any atom is 0.311 e. The summed E-state index contributed by atoms with van der Waals surface area (Å²) >= 11 is 0. The van der Waals surface area contributed by atoms with Crippen LogP contribution in [0.15, 0.2) is 0 Å². The number of carboxylic acids is 1. The van der Waals surface area contributed by atoms with Crippen LogP contribution in [0, 0.1) is 28.6 Å². The molecule has 2 aliphatic carbocycles. The number of ketones is 1. The van der Waals surface area contributed by atoms with Gasteiger partial charge in [-0.2, -0.15) is 0 Å². The summed E-state index contributed by atoms with van der Waals surface area (Å²) in [5.41, 5.74) is -1.07. The van der Waals surface area contributed by atoms with Gasteiger partial charge in [0.15, 0.2) is 0 Å². The molecule has 1 N–H and O–H groups in total. The minimum absolute atomic E-state index is 0.00574. The highest BCUT2D eigenvalue weighted by Crippen LogP contribution is 2.60. The average molecular weight is 366 g/mol. The van der Waals surface area contributed by atoms with Crippen LogP contribution in [-0.2, 0) is 23.9 Å². The van der Waals surface area contributed by atoms with Gasteiger partial charge in [-0.25, -0.2) is 0 Å². The van der Waals surface area contributed by atoms with Gasteiger partial charge in [-0.1, -0.05) is 13.3 Å². The minimum Gasteiger partial charge on any atom is -0.481 e. The molecule has 6 unspecified atom stereocenters. The van der Waals surface area contributed by atoms with Crippen LogP contribution < -0.4 is 0 Å². The van der Waals surface area contributed by atoms with Gasteiger partial charge in [0, 0.05) is 25.9 Å². The number of hydrogen-bond donors (Lipinski definition) is 1. The Morgan fingerprint density at radius 2 is 2.00 bits per heavy atom. The SMILES string of the molecule is COC1CC(CCC2C(=O)CCC3C(C)(C(=O)O)CCCC23C)C(=O)O1. The monoisotopic (exact) mass is 366 g/mol. The molecule has 6 nitrogen and oxygen atoms in total. The molecule has 1 saturated heterocycles. The van der Waals surface area contributed by atoms with Crippen molar-refractivity contribution < 1.29 is 29.0 Å². The molecular weight excluding hydrogens is 336 g/mol. The second-order valence-electron chi connectivity index (χ2n) is 8.80. The average Bonchev–Trinajstić information content (AvgIpc) is 2.94. The summed E-state index contributed by atoms with van der Waals surface area (Å²) in [5, 5.41) is 9.84. The van der Waals surface area contributed by atoms with Gasteiger partial charge < -0.3 is 14.6 Å². The molecule has 0 aromatic heterocycles. The molecule has 0 radical (unpaired) electrons. The first kappa shape index (κ1) is 19.3. The topological polar surface area (TPSA) is 89.9 Å². The molecule has 1 heterocycles. The summed E-state index contributed by atoms with van der Waals surface area (Å²) < 4.78 is 10.3. The van der Waals surface area contributed by atoms with E-state index in [0.717, 1.165) is 12.8 Å². The molecular formula is C20H30O6. The van der Waals surface area contributed by atoms with Crippen molar-refractivity contribution in [3.63, 3.8) is 0 Å². The van der Waals surface area contributed by atoms with Gasteiger partial charge in [0.05, 0.1) is 11.3 Å². The summed E-state index contributed by atoms with van der Waals surface area (Å²) in [7, 11) is 1.52. The Bertz CT molecular complexity index is 601. The number of ether oxygens (including phenoxy) is 2. The summed E-state index contributed by atoms with van der Waals surface area (Å²) in [6.07, 6.45) is 4.76. The summed E-state index contributed by atoms with van der Waals surface area (Å²) in [4.78, 5) is 36.7. The molecule has 0 bridgehead atoms. The number of Topliss-reactive ketones (excluding diaryl/α,β-unsaturated/α-hetero) is 1. The third-order valence-electron chi connectivity index (χ3n) is 7.45. The molecule has 0 aromatic carbocycles.